The number of anilines is 1. The number of amides is 1. The third-order valence-electron chi connectivity index (χ3n) is 4.87. The van der Waals surface area contributed by atoms with E-state index in [1.165, 1.54) is 0 Å². The van der Waals surface area contributed by atoms with Crippen molar-refractivity contribution < 1.29 is 14.7 Å². The predicted molar refractivity (Wildman–Crippen MR) is 82.3 cm³/mol. The fourth-order valence-electron chi connectivity index (χ4n) is 3.99. The SMILES string of the molecule is CSc1ccccc1NC(=O)[C@@H]1[C@H]2CC[C@@H](C2)[C@H]1C(=O)O. The largest absolute Gasteiger partial charge is 0.481 e. The van der Waals surface area contributed by atoms with Crippen LogP contribution in [0.2, 0.25) is 0 Å². The molecule has 4 atom stereocenters. The molecular weight excluding hydrogens is 286 g/mol. The van der Waals surface area contributed by atoms with Gasteiger partial charge in [-0.3, -0.25) is 9.59 Å². The van der Waals surface area contributed by atoms with E-state index in [0.717, 1.165) is 29.8 Å². The zero-order valence-corrected chi connectivity index (χ0v) is 12.7. The summed E-state index contributed by atoms with van der Waals surface area (Å²) in [6.07, 6.45) is 4.78. The Bertz CT molecular complexity index is 574. The first kappa shape index (κ1) is 14.4. The number of carboxylic acids is 1. The molecule has 112 valence electrons. The lowest BCUT2D eigenvalue weighted by molar-refractivity contribution is -0.148. The van der Waals surface area contributed by atoms with Crippen molar-refractivity contribution in [3.63, 3.8) is 0 Å². The standard InChI is InChI=1S/C16H19NO3S/c1-21-12-5-3-2-4-11(12)17-15(18)13-9-6-7-10(8-9)14(13)16(19)20/h2-5,9-10,13-14H,6-8H2,1H3,(H,17,18)(H,19,20)/t9-,10-,13+,14+/m0/s1. The van der Waals surface area contributed by atoms with Gasteiger partial charge in [0.1, 0.15) is 0 Å². The zero-order chi connectivity index (χ0) is 15.0. The van der Waals surface area contributed by atoms with Crippen molar-refractivity contribution in [3.05, 3.63) is 24.3 Å². The van der Waals surface area contributed by atoms with Gasteiger partial charge in [0.2, 0.25) is 5.91 Å². The second-order valence-corrected chi connectivity index (χ2v) is 6.76. The van der Waals surface area contributed by atoms with Gasteiger partial charge in [0.05, 0.1) is 17.5 Å². The van der Waals surface area contributed by atoms with Crippen molar-refractivity contribution in [1.29, 1.82) is 0 Å². The van der Waals surface area contributed by atoms with E-state index in [2.05, 4.69) is 5.32 Å². The van der Waals surface area contributed by atoms with Crippen LogP contribution in [-0.2, 0) is 9.59 Å². The molecule has 2 aliphatic rings. The van der Waals surface area contributed by atoms with E-state index in [0.29, 0.717) is 0 Å². The number of aliphatic carboxylic acids is 1. The Balaban J connectivity index is 1.80. The van der Waals surface area contributed by atoms with Crippen LogP contribution in [0, 0.1) is 23.7 Å². The highest BCUT2D eigenvalue weighted by atomic mass is 32.2. The van der Waals surface area contributed by atoms with Crippen molar-refractivity contribution in [2.45, 2.75) is 24.2 Å². The average Bonchev–Trinajstić information content (AvgIpc) is 3.08. The normalized spacial score (nSPS) is 30.3. The first-order valence-electron chi connectivity index (χ1n) is 7.28. The van der Waals surface area contributed by atoms with Gasteiger partial charge in [0, 0.05) is 4.90 Å². The summed E-state index contributed by atoms with van der Waals surface area (Å²) in [5.41, 5.74) is 0.780. The molecule has 1 aromatic rings. The first-order chi connectivity index (χ1) is 10.1. The molecule has 0 unspecified atom stereocenters. The quantitative estimate of drug-likeness (QED) is 0.839. The van der Waals surface area contributed by atoms with Crippen molar-refractivity contribution >= 4 is 29.3 Å². The average molecular weight is 305 g/mol. The van der Waals surface area contributed by atoms with Crippen LogP contribution in [0.5, 0.6) is 0 Å². The molecule has 2 bridgehead atoms. The molecule has 5 heteroatoms. The fraction of sp³-hybridized carbons (Fsp3) is 0.500. The molecule has 0 spiro atoms. The number of para-hydroxylation sites is 1. The van der Waals surface area contributed by atoms with Gasteiger partial charge in [-0.25, -0.2) is 0 Å². The molecule has 2 aliphatic carbocycles. The molecule has 0 radical (unpaired) electrons. The summed E-state index contributed by atoms with van der Waals surface area (Å²) in [4.78, 5) is 25.1. The molecular formula is C16H19NO3S. The summed E-state index contributed by atoms with van der Waals surface area (Å²) in [6, 6.07) is 7.63. The number of nitrogens with one attached hydrogen (secondary N) is 1. The Morgan fingerprint density at radius 1 is 1.19 bits per heavy atom. The molecule has 21 heavy (non-hydrogen) atoms. The highest BCUT2D eigenvalue weighted by Gasteiger charge is 2.54. The molecule has 3 rings (SSSR count). The van der Waals surface area contributed by atoms with Gasteiger partial charge in [-0.2, -0.15) is 0 Å². The maximum Gasteiger partial charge on any atom is 0.307 e. The molecule has 2 N–H and O–H groups in total. The number of fused-ring (bicyclic) bond motifs is 2. The minimum Gasteiger partial charge on any atom is -0.481 e. The van der Waals surface area contributed by atoms with Crippen LogP contribution in [0.4, 0.5) is 5.69 Å². The highest BCUT2D eigenvalue weighted by molar-refractivity contribution is 7.98. The van der Waals surface area contributed by atoms with Crippen LogP contribution in [0.15, 0.2) is 29.2 Å². The summed E-state index contributed by atoms with van der Waals surface area (Å²) in [5, 5.41) is 12.4. The van der Waals surface area contributed by atoms with Gasteiger partial charge in [-0.1, -0.05) is 12.1 Å². The van der Waals surface area contributed by atoms with Crippen LogP contribution in [0.25, 0.3) is 0 Å². The molecule has 0 aromatic heterocycles. The molecule has 2 saturated carbocycles. The summed E-state index contributed by atoms with van der Waals surface area (Å²) in [5.74, 6) is -1.42. The Labute approximate surface area is 128 Å². The predicted octanol–water partition coefficient (Wildman–Crippen LogP) is 3.09. The monoisotopic (exact) mass is 305 g/mol. The number of thioether (sulfide) groups is 1. The molecule has 1 amide bonds. The lowest BCUT2D eigenvalue weighted by Gasteiger charge is -2.27. The number of benzene rings is 1. The summed E-state index contributed by atoms with van der Waals surface area (Å²) < 4.78 is 0. The minimum atomic E-state index is -0.819. The molecule has 1 aromatic carbocycles. The van der Waals surface area contributed by atoms with Crippen LogP contribution >= 0.6 is 11.8 Å². The van der Waals surface area contributed by atoms with Crippen molar-refractivity contribution in [1.82, 2.24) is 0 Å². The zero-order valence-electron chi connectivity index (χ0n) is 11.9. The molecule has 0 aliphatic heterocycles. The van der Waals surface area contributed by atoms with E-state index in [-0.39, 0.29) is 23.7 Å². The highest BCUT2D eigenvalue weighted by Crippen LogP contribution is 2.52. The second kappa shape index (κ2) is 5.72. The van der Waals surface area contributed by atoms with Crippen molar-refractivity contribution in [2.75, 3.05) is 11.6 Å². The van der Waals surface area contributed by atoms with E-state index in [1.807, 2.05) is 30.5 Å². The summed E-state index contributed by atoms with van der Waals surface area (Å²) in [7, 11) is 0. The van der Waals surface area contributed by atoms with E-state index >= 15 is 0 Å². The molecule has 4 nitrogen and oxygen atoms in total. The number of carbonyl (C=O) groups excluding carboxylic acids is 1. The minimum absolute atomic E-state index is 0.129. The van der Waals surface area contributed by atoms with Gasteiger partial charge >= 0.3 is 5.97 Å². The van der Waals surface area contributed by atoms with Gasteiger partial charge in [0.15, 0.2) is 0 Å². The third kappa shape index (κ3) is 2.55. The third-order valence-corrected chi connectivity index (χ3v) is 5.66. The lowest BCUT2D eigenvalue weighted by atomic mass is 9.78. The maximum absolute atomic E-state index is 12.6. The van der Waals surface area contributed by atoms with Crippen LogP contribution in [0.1, 0.15) is 19.3 Å². The number of hydrogen-bond donors (Lipinski definition) is 2. The lowest BCUT2D eigenvalue weighted by Crippen LogP contribution is -2.37. The van der Waals surface area contributed by atoms with E-state index in [1.54, 1.807) is 11.8 Å². The number of rotatable bonds is 4. The number of carbonyl (C=O) groups is 2. The van der Waals surface area contributed by atoms with Crippen LogP contribution in [0.3, 0.4) is 0 Å². The maximum atomic E-state index is 12.6. The molecule has 0 heterocycles. The van der Waals surface area contributed by atoms with Gasteiger partial charge in [-0.05, 0) is 49.5 Å². The second-order valence-electron chi connectivity index (χ2n) is 5.91. The summed E-state index contributed by atoms with van der Waals surface area (Å²) >= 11 is 1.57. The van der Waals surface area contributed by atoms with E-state index < -0.39 is 11.9 Å². The van der Waals surface area contributed by atoms with Crippen LogP contribution in [-0.4, -0.2) is 23.2 Å². The smallest absolute Gasteiger partial charge is 0.307 e. The number of carboxylic acid groups (broad SMARTS) is 1. The van der Waals surface area contributed by atoms with E-state index in [9.17, 15) is 14.7 Å². The topological polar surface area (TPSA) is 66.4 Å². The Morgan fingerprint density at radius 2 is 1.86 bits per heavy atom. The van der Waals surface area contributed by atoms with Crippen LogP contribution < -0.4 is 5.32 Å². The Morgan fingerprint density at radius 3 is 2.52 bits per heavy atom. The van der Waals surface area contributed by atoms with Gasteiger partial charge in [0.25, 0.3) is 0 Å². The van der Waals surface area contributed by atoms with Crippen molar-refractivity contribution in [3.8, 4) is 0 Å². The molecule has 0 saturated heterocycles. The van der Waals surface area contributed by atoms with Gasteiger partial charge in [-0.15, -0.1) is 11.8 Å². The Kier molecular flexibility index (Phi) is 3.93. The molecule has 2 fully saturated rings. The van der Waals surface area contributed by atoms with Gasteiger partial charge < -0.3 is 10.4 Å². The van der Waals surface area contributed by atoms with E-state index in [4.69, 9.17) is 0 Å². The number of hydrogen-bond acceptors (Lipinski definition) is 3. The first-order valence-corrected chi connectivity index (χ1v) is 8.51. The summed E-state index contributed by atoms with van der Waals surface area (Å²) in [6.45, 7) is 0. The fourth-order valence-corrected chi connectivity index (χ4v) is 4.54. The van der Waals surface area contributed by atoms with Crippen molar-refractivity contribution in [2.24, 2.45) is 23.7 Å². The Hall–Kier alpha value is -1.49.